The Morgan fingerprint density at radius 1 is 1.14 bits per heavy atom. The lowest BCUT2D eigenvalue weighted by Crippen LogP contribution is -2.36. The number of nitrogens with two attached hydrogens (primary N) is 1. The number of rotatable bonds is 2. The van der Waals surface area contributed by atoms with Crippen LogP contribution in [0.25, 0.3) is 0 Å². The molecule has 1 unspecified atom stereocenters. The first-order valence-corrected chi connectivity index (χ1v) is 6.74. The Kier molecular flexibility index (Phi) is 3.51. The van der Waals surface area contributed by atoms with Gasteiger partial charge in [-0.25, -0.2) is 8.78 Å². The smallest absolute Gasteiger partial charge is 0.196 e. The fourth-order valence-corrected chi connectivity index (χ4v) is 2.67. The lowest BCUT2D eigenvalue weighted by Gasteiger charge is -2.27. The van der Waals surface area contributed by atoms with Crippen LogP contribution in [0.1, 0.15) is 11.6 Å². The van der Waals surface area contributed by atoms with Gasteiger partial charge < -0.3 is 10.6 Å². The van der Waals surface area contributed by atoms with Crippen LogP contribution < -0.4 is 10.6 Å². The average molecular weight is 308 g/mol. The van der Waals surface area contributed by atoms with Crippen molar-refractivity contribution in [2.24, 2.45) is 10.7 Å². The van der Waals surface area contributed by atoms with Gasteiger partial charge in [0.25, 0.3) is 0 Å². The summed E-state index contributed by atoms with van der Waals surface area (Å²) in [5.74, 6) is -1.02. The molecule has 2 aromatic rings. The summed E-state index contributed by atoms with van der Waals surface area (Å²) in [6, 6.07) is 10.1. The fraction of sp³-hybridized carbons (Fsp3) is 0.133. The van der Waals surface area contributed by atoms with Crippen LogP contribution in [0.2, 0.25) is 5.02 Å². The molecule has 0 saturated carbocycles. The number of nitrogens with zero attached hydrogens (tertiary/aromatic N) is 2. The molecular formula is C15H12ClF2N3. The van der Waals surface area contributed by atoms with Crippen LogP contribution in [-0.2, 0) is 0 Å². The lowest BCUT2D eigenvalue weighted by atomic mass is 10.0. The van der Waals surface area contributed by atoms with Crippen molar-refractivity contribution < 1.29 is 8.78 Å². The largest absolute Gasteiger partial charge is 0.369 e. The van der Waals surface area contributed by atoms with Gasteiger partial charge in [0.2, 0.25) is 0 Å². The molecule has 2 N–H and O–H groups in total. The SMILES string of the molecule is NC1=NCC(c2c(F)cccc2F)N1c1cccc(Cl)c1. The van der Waals surface area contributed by atoms with Crippen LogP contribution >= 0.6 is 11.6 Å². The summed E-state index contributed by atoms with van der Waals surface area (Å²) in [6.07, 6.45) is 0. The van der Waals surface area contributed by atoms with Crippen molar-refractivity contribution in [2.75, 3.05) is 11.4 Å². The second kappa shape index (κ2) is 5.33. The van der Waals surface area contributed by atoms with Crippen LogP contribution in [-0.4, -0.2) is 12.5 Å². The predicted molar refractivity (Wildman–Crippen MR) is 79.5 cm³/mol. The topological polar surface area (TPSA) is 41.6 Å². The number of anilines is 1. The zero-order chi connectivity index (χ0) is 15.0. The molecular weight excluding hydrogens is 296 g/mol. The molecule has 21 heavy (non-hydrogen) atoms. The monoisotopic (exact) mass is 307 g/mol. The molecule has 3 nitrogen and oxygen atoms in total. The van der Waals surface area contributed by atoms with E-state index in [0.717, 1.165) is 0 Å². The molecule has 3 rings (SSSR count). The molecule has 108 valence electrons. The van der Waals surface area contributed by atoms with E-state index < -0.39 is 17.7 Å². The second-order valence-electron chi connectivity index (χ2n) is 4.70. The van der Waals surface area contributed by atoms with E-state index in [1.54, 1.807) is 29.2 Å². The second-order valence-corrected chi connectivity index (χ2v) is 5.14. The molecule has 1 aliphatic rings. The Balaban J connectivity index is 2.07. The number of hydrogen-bond donors (Lipinski definition) is 1. The summed E-state index contributed by atoms with van der Waals surface area (Å²) in [7, 11) is 0. The van der Waals surface area contributed by atoms with Crippen molar-refractivity contribution in [1.82, 2.24) is 0 Å². The molecule has 1 aliphatic heterocycles. The van der Waals surface area contributed by atoms with Gasteiger partial charge in [0.1, 0.15) is 11.6 Å². The first-order valence-electron chi connectivity index (χ1n) is 6.36. The van der Waals surface area contributed by atoms with Crippen molar-refractivity contribution in [3.05, 3.63) is 64.7 Å². The minimum atomic E-state index is -0.621. The maximum atomic E-state index is 14.0. The van der Waals surface area contributed by atoms with E-state index in [1.807, 2.05) is 0 Å². The van der Waals surface area contributed by atoms with Gasteiger partial charge >= 0.3 is 0 Å². The zero-order valence-corrected chi connectivity index (χ0v) is 11.7. The van der Waals surface area contributed by atoms with Crippen LogP contribution in [0.3, 0.4) is 0 Å². The normalized spacial score (nSPS) is 18.0. The minimum absolute atomic E-state index is 0.0401. The molecule has 0 radical (unpaired) electrons. The lowest BCUT2D eigenvalue weighted by molar-refractivity contribution is 0.533. The number of aliphatic imine (C=N–C) groups is 1. The van der Waals surface area contributed by atoms with Gasteiger partial charge in [0, 0.05) is 16.3 Å². The summed E-state index contributed by atoms with van der Waals surface area (Å²) in [5.41, 5.74) is 6.48. The Hall–Kier alpha value is -2.14. The van der Waals surface area contributed by atoms with Crippen LogP contribution in [0.4, 0.5) is 14.5 Å². The molecule has 0 aliphatic carbocycles. The summed E-state index contributed by atoms with van der Waals surface area (Å²) >= 11 is 5.97. The summed E-state index contributed by atoms with van der Waals surface area (Å²) in [6.45, 7) is 0.191. The third-order valence-electron chi connectivity index (χ3n) is 3.40. The van der Waals surface area contributed by atoms with E-state index in [2.05, 4.69) is 4.99 Å². The molecule has 2 aromatic carbocycles. The number of benzene rings is 2. The third-order valence-corrected chi connectivity index (χ3v) is 3.64. The van der Waals surface area contributed by atoms with Crippen molar-refractivity contribution in [2.45, 2.75) is 6.04 Å². The van der Waals surface area contributed by atoms with E-state index in [9.17, 15) is 8.78 Å². The van der Waals surface area contributed by atoms with E-state index in [-0.39, 0.29) is 18.1 Å². The summed E-state index contributed by atoms with van der Waals surface area (Å²) in [5, 5.41) is 0.514. The zero-order valence-electron chi connectivity index (χ0n) is 10.9. The highest BCUT2D eigenvalue weighted by molar-refractivity contribution is 6.30. The number of hydrogen-bond acceptors (Lipinski definition) is 3. The highest BCUT2D eigenvalue weighted by atomic mass is 35.5. The molecule has 0 saturated heterocycles. The number of guanidine groups is 1. The van der Waals surface area contributed by atoms with Gasteiger partial charge in [-0.3, -0.25) is 4.99 Å². The molecule has 6 heteroatoms. The Labute approximate surface area is 125 Å². The molecule has 1 heterocycles. The van der Waals surface area contributed by atoms with Gasteiger partial charge in [0.05, 0.1) is 12.6 Å². The van der Waals surface area contributed by atoms with Gasteiger partial charge in [-0.1, -0.05) is 23.7 Å². The predicted octanol–water partition coefficient (Wildman–Crippen LogP) is 3.49. The van der Waals surface area contributed by atoms with Gasteiger partial charge in [-0.15, -0.1) is 0 Å². The van der Waals surface area contributed by atoms with Crippen molar-refractivity contribution in [3.63, 3.8) is 0 Å². The molecule has 0 fully saturated rings. The maximum Gasteiger partial charge on any atom is 0.196 e. The molecule has 1 atom stereocenters. The van der Waals surface area contributed by atoms with Crippen molar-refractivity contribution in [3.8, 4) is 0 Å². The van der Waals surface area contributed by atoms with Crippen LogP contribution in [0.5, 0.6) is 0 Å². The maximum absolute atomic E-state index is 14.0. The third kappa shape index (κ3) is 2.45. The van der Waals surface area contributed by atoms with Crippen molar-refractivity contribution in [1.29, 1.82) is 0 Å². The summed E-state index contributed by atoms with van der Waals surface area (Å²) < 4.78 is 28.0. The van der Waals surface area contributed by atoms with Crippen LogP contribution in [0, 0.1) is 11.6 Å². The minimum Gasteiger partial charge on any atom is -0.369 e. The molecule has 0 bridgehead atoms. The Morgan fingerprint density at radius 2 is 1.81 bits per heavy atom. The van der Waals surface area contributed by atoms with E-state index >= 15 is 0 Å². The fourth-order valence-electron chi connectivity index (χ4n) is 2.49. The first kappa shape index (κ1) is 13.8. The van der Waals surface area contributed by atoms with Gasteiger partial charge in [0.15, 0.2) is 5.96 Å². The average Bonchev–Trinajstić information content (AvgIpc) is 2.80. The van der Waals surface area contributed by atoms with Gasteiger partial charge in [-0.05, 0) is 30.3 Å². The molecule has 0 aromatic heterocycles. The quantitative estimate of drug-likeness (QED) is 0.922. The standard InChI is InChI=1S/C15H12ClF2N3/c16-9-3-1-4-10(7-9)21-13(8-20-15(21)19)14-11(17)5-2-6-12(14)18/h1-7,13H,8H2,(H2,19,20). The Morgan fingerprint density at radius 3 is 2.48 bits per heavy atom. The van der Waals surface area contributed by atoms with Gasteiger partial charge in [-0.2, -0.15) is 0 Å². The van der Waals surface area contributed by atoms with Crippen molar-refractivity contribution >= 4 is 23.2 Å². The number of halogens is 3. The molecule has 0 spiro atoms. The van der Waals surface area contributed by atoms with E-state index in [4.69, 9.17) is 17.3 Å². The van der Waals surface area contributed by atoms with E-state index in [0.29, 0.717) is 10.7 Å². The molecule has 0 amide bonds. The summed E-state index contributed by atoms with van der Waals surface area (Å²) in [4.78, 5) is 5.70. The highest BCUT2D eigenvalue weighted by Gasteiger charge is 2.32. The highest BCUT2D eigenvalue weighted by Crippen LogP contribution is 2.34. The Bertz CT molecular complexity index is 698. The van der Waals surface area contributed by atoms with Crippen LogP contribution in [0.15, 0.2) is 47.5 Å². The van der Waals surface area contributed by atoms with E-state index in [1.165, 1.54) is 18.2 Å². The first-order chi connectivity index (χ1) is 10.1.